The monoisotopic (exact) mass is 436 g/mol. The molecule has 9 nitrogen and oxygen atoms in total. The number of hydrogen-bond acceptors (Lipinski definition) is 6. The van der Waals surface area contributed by atoms with Crippen LogP contribution < -0.4 is 5.32 Å². The van der Waals surface area contributed by atoms with Crippen molar-refractivity contribution in [3.8, 4) is 11.3 Å². The number of anilines is 1. The molecule has 0 unspecified atom stereocenters. The number of fused-ring (bicyclic) bond motifs is 3. The van der Waals surface area contributed by atoms with E-state index < -0.39 is 0 Å². The Morgan fingerprint density at radius 2 is 2.12 bits per heavy atom. The minimum Gasteiger partial charge on any atom is -0.382 e. The molecule has 9 heteroatoms. The number of hydrogen-bond donors (Lipinski definition) is 2. The Morgan fingerprint density at radius 3 is 2.91 bits per heavy atom. The van der Waals surface area contributed by atoms with Gasteiger partial charge in [-0.3, -0.25) is 4.79 Å². The molecule has 0 saturated carbocycles. The predicted octanol–water partition coefficient (Wildman–Crippen LogP) is 2.78. The number of carbonyl (C=O) groups excluding carboxylic acids is 1. The summed E-state index contributed by atoms with van der Waals surface area (Å²) >= 11 is 0. The molecule has 32 heavy (non-hydrogen) atoms. The number of nitrogens with zero attached hydrogens (tertiary/aromatic N) is 4. The number of benzene rings is 1. The number of aromatic nitrogens is 4. The number of aryl methyl sites for hydroxylation is 1. The topological polar surface area (TPSA) is 97.3 Å². The number of methoxy groups -OCH3 is 1. The van der Waals surface area contributed by atoms with Crippen LogP contribution in [0.2, 0.25) is 0 Å². The minimum absolute atomic E-state index is 0.0434. The van der Waals surface area contributed by atoms with Crippen LogP contribution in [0.4, 0.5) is 5.82 Å². The highest BCUT2D eigenvalue weighted by atomic mass is 16.5. The fourth-order valence-electron chi connectivity index (χ4n) is 3.74. The van der Waals surface area contributed by atoms with Gasteiger partial charge in [-0.2, -0.15) is 0 Å². The first-order chi connectivity index (χ1) is 15.5. The normalized spacial score (nSPS) is 11.4. The molecule has 0 saturated heterocycles. The summed E-state index contributed by atoms with van der Waals surface area (Å²) in [5.74, 6) is 0.669. The molecule has 0 aliphatic carbocycles. The number of imidazole rings is 1. The SMILES string of the molecule is CNc1nc2[nH]c(-c3cccc(CN(C)C(=O)COCCOC)c3)cc2c2c1ncn2C. The molecule has 2 N–H and O–H groups in total. The van der Waals surface area contributed by atoms with Crippen molar-refractivity contribution in [3.05, 3.63) is 42.2 Å². The minimum atomic E-state index is -0.0699. The van der Waals surface area contributed by atoms with E-state index in [1.165, 1.54) is 0 Å². The van der Waals surface area contributed by atoms with Crippen LogP contribution in [0, 0.1) is 0 Å². The van der Waals surface area contributed by atoms with Gasteiger partial charge in [-0.25, -0.2) is 9.97 Å². The van der Waals surface area contributed by atoms with Crippen molar-refractivity contribution < 1.29 is 14.3 Å². The van der Waals surface area contributed by atoms with Crippen LogP contribution in [0.5, 0.6) is 0 Å². The van der Waals surface area contributed by atoms with Gasteiger partial charge in [0.25, 0.3) is 0 Å². The van der Waals surface area contributed by atoms with Crippen molar-refractivity contribution >= 4 is 33.8 Å². The van der Waals surface area contributed by atoms with E-state index in [9.17, 15) is 4.79 Å². The van der Waals surface area contributed by atoms with Gasteiger partial charge < -0.3 is 29.2 Å². The van der Waals surface area contributed by atoms with Gasteiger partial charge in [-0.05, 0) is 23.3 Å². The maximum absolute atomic E-state index is 12.3. The maximum atomic E-state index is 12.3. The highest BCUT2D eigenvalue weighted by molar-refractivity contribution is 6.07. The Balaban J connectivity index is 1.57. The molecule has 0 fully saturated rings. The van der Waals surface area contributed by atoms with E-state index in [1.807, 2.05) is 36.9 Å². The third kappa shape index (κ3) is 4.30. The molecule has 4 rings (SSSR count). The molecule has 0 atom stereocenters. The molecule has 1 amide bonds. The van der Waals surface area contributed by atoms with Crippen LogP contribution in [0.3, 0.4) is 0 Å². The third-order valence-corrected chi connectivity index (χ3v) is 5.41. The zero-order valence-corrected chi connectivity index (χ0v) is 18.8. The molecular weight excluding hydrogens is 408 g/mol. The second-order valence-electron chi connectivity index (χ2n) is 7.70. The van der Waals surface area contributed by atoms with Crippen LogP contribution in [0.1, 0.15) is 5.56 Å². The van der Waals surface area contributed by atoms with Crippen LogP contribution in [-0.4, -0.2) is 71.4 Å². The quantitative estimate of drug-likeness (QED) is 0.392. The number of carbonyl (C=O) groups is 1. The summed E-state index contributed by atoms with van der Waals surface area (Å²) in [7, 11) is 7.20. The van der Waals surface area contributed by atoms with Gasteiger partial charge in [0.2, 0.25) is 5.91 Å². The molecule has 0 spiro atoms. The summed E-state index contributed by atoms with van der Waals surface area (Å²) in [6, 6.07) is 10.2. The van der Waals surface area contributed by atoms with Gasteiger partial charge in [0, 0.05) is 45.9 Å². The maximum Gasteiger partial charge on any atom is 0.248 e. The highest BCUT2D eigenvalue weighted by Gasteiger charge is 2.16. The summed E-state index contributed by atoms with van der Waals surface area (Å²) in [5, 5.41) is 4.14. The highest BCUT2D eigenvalue weighted by Crippen LogP contribution is 2.31. The van der Waals surface area contributed by atoms with E-state index in [1.54, 1.807) is 25.4 Å². The van der Waals surface area contributed by atoms with E-state index in [0.717, 1.165) is 44.7 Å². The van der Waals surface area contributed by atoms with Gasteiger partial charge in [-0.15, -0.1) is 0 Å². The number of amides is 1. The summed E-state index contributed by atoms with van der Waals surface area (Å²) in [5.41, 5.74) is 5.68. The number of pyridine rings is 1. The Hall–Kier alpha value is -3.43. The zero-order valence-electron chi connectivity index (χ0n) is 18.8. The van der Waals surface area contributed by atoms with E-state index in [4.69, 9.17) is 14.5 Å². The van der Waals surface area contributed by atoms with Crippen molar-refractivity contribution in [2.24, 2.45) is 7.05 Å². The average Bonchev–Trinajstić information content (AvgIpc) is 3.39. The first kappa shape index (κ1) is 21.8. The van der Waals surface area contributed by atoms with Gasteiger partial charge in [0.05, 0.1) is 25.1 Å². The van der Waals surface area contributed by atoms with Crippen molar-refractivity contribution in [3.63, 3.8) is 0 Å². The van der Waals surface area contributed by atoms with Gasteiger partial charge >= 0.3 is 0 Å². The summed E-state index contributed by atoms with van der Waals surface area (Å²) in [6.07, 6.45) is 1.80. The number of likely N-dealkylation sites (N-methyl/N-ethyl adjacent to an activating group) is 1. The standard InChI is InChI=1S/C23H28N6O3/c1-24-23-20-21(29(3)14-25-20)17-11-18(26-22(17)27-23)16-7-5-6-15(10-16)12-28(2)19(30)13-32-9-8-31-4/h5-7,10-11,14H,8-9,12-13H2,1-4H3,(H2,24,26,27). The summed E-state index contributed by atoms with van der Waals surface area (Å²) in [4.78, 5) is 26.6. The molecule has 0 bridgehead atoms. The zero-order chi connectivity index (χ0) is 22.7. The fourth-order valence-corrected chi connectivity index (χ4v) is 3.74. The van der Waals surface area contributed by atoms with Gasteiger partial charge in [-0.1, -0.05) is 18.2 Å². The second-order valence-corrected chi connectivity index (χ2v) is 7.70. The lowest BCUT2D eigenvalue weighted by molar-refractivity contribution is -0.135. The number of rotatable bonds is 9. The number of nitrogens with one attached hydrogen (secondary N) is 2. The van der Waals surface area contributed by atoms with Gasteiger partial charge in [0.15, 0.2) is 5.82 Å². The number of H-pyrrole nitrogens is 1. The van der Waals surface area contributed by atoms with Crippen molar-refractivity contribution in [1.29, 1.82) is 0 Å². The van der Waals surface area contributed by atoms with Crippen molar-refractivity contribution in [2.75, 3.05) is 46.3 Å². The lowest BCUT2D eigenvalue weighted by atomic mass is 10.1. The largest absolute Gasteiger partial charge is 0.382 e. The third-order valence-electron chi connectivity index (χ3n) is 5.41. The van der Waals surface area contributed by atoms with Crippen molar-refractivity contribution in [2.45, 2.75) is 6.54 Å². The van der Waals surface area contributed by atoms with E-state index in [2.05, 4.69) is 27.4 Å². The molecule has 0 aliphatic rings. The van der Waals surface area contributed by atoms with Crippen LogP contribution in [-0.2, 0) is 27.9 Å². The molecule has 0 aliphatic heterocycles. The smallest absolute Gasteiger partial charge is 0.248 e. The number of aromatic amines is 1. The molecule has 1 aromatic carbocycles. The van der Waals surface area contributed by atoms with Crippen LogP contribution in [0.25, 0.3) is 33.3 Å². The van der Waals surface area contributed by atoms with Crippen LogP contribution >= 0.6 is 0 Å². The Bertz CT molecular complexity index is 1250. The van der Waals surface area contributed by atoms with Gasteiger partial charge in [0.1, 0.15) is 17.8 Å². The van der Waals surface area contributed by atoms with E-state index in [0.29, 0.717) is 19.8 Å². The first-order valence-electron chi connectivity index (χ1n) is 10.4. The second kappa shape index (κ2) is 9.37. The van der Waals surface area contributed by atoms with E-state index >= 15 is 0 Å². The lowest BCUT2D eigenvalue weighted by Crippen LogP contribution is -2.30. The van der Waals surface area contributed by atoms with Crippen LogP contribution in [0.15, 0.2) is 36.7 Å². The molecule has 4 aromatic rings. The average molecular weight is 437 g/mol. The fraction of sp³-hybridized carbons (Fsp3) is 0.348. The summed E-state index contributed by atoms with van der Waals surface area (Å²) < 4.78 is 12.3. The van der Waals surface area contributed by atoms with E-state index in [-0.39, 0.29) is 12.5 Å². The molecule has 168 valence electrons. The molecule has 3 heterocycles. The lowest BCUT2D eigenvalue weighted by Gasteiger charge is -2.17. The Morgan fingerprint density at radius 1 is 1.28 bits per heavy atom. The summed E-state index contributed by atoms with van der Waals surface area (Å²) in [6.45, 7) is 1.41. The Labute approximate surface area is 186 Å². The first-order valence-corrected chi connectivity index (χ1v) is 10.4. The number of ether oxygens (including phenoxy) is 2. The van der Waals surface area contributed by atoms with Crippen molar-refractivity contribution in [1.82, 2.24) is 24.4 Å². The Kier molecular flexibility index (Phi) is 6.38. The molecule has 3 aromatic heterocycles. The molecular formula is C23H28N6O3. The molecule has 0 radical (unpaired) electrons. The predicted molar refractivity (Wildman–Crippen MR) is 125 cm³/mol.